The Labute approximate surface area is 225 Å². The number of benzene rings is 1. The molecule has 3 fully saturated rings. The van der Waals surface area contributed by atoms with Crippen molar-refractivity contribution in [2.45, 2.75) is 69.4 Å². The molecular weight excluding hydrogens is 486 g/mol. The molecule has 1 aliphatic carbocycles. The maximum Gasteiger partial charge on any atom is 0.231 e. The van der Waals surface area contributed by atoms with Crippen molar-refractivity contribution in [2.24, 2.45) is 0 Å². The third kappa shape index (κ3) is 4.98. The molecule has 3 aliphatic heterocycles. The van der Waals surface area contributed by atoms with Crippen LogP contribution >= 0.6 is 11.6 Å². The summed E-state index contributed by atoms with van der Waals surface area (Å²) in [6.07, 6.45) is 8.21. The van der Waals surface area contributed by atoms with Crippen molar-refractivity contribution in [1.29, 1.82) is 0 Å². The van der Waals surface area contributed by atoms with Crippen molar-refractivity contribution in [2.75, 3.05) is 50.8 Å². The number of hydrogen-bond acceptors (Lipinski definition) is 6. The molecule has 4 aliphatic rings. The summed E-state index contributed by atoms with van der Waals surface area (Å²) in [5, 5.41) is 0.711. The maximum absolute atomic E-state index is 14.3. The highest BCUT2D eigenvalue weighted by atomic mass is 35.5. The van der Waals surface area contributed by atoms with Gasteiger partial charge in [0.2, 0.25) is 5.91 Å². The Balaban J connectivity index is 1.21. The van der Waals surface area contributed by atoms with Gasteiger partial charge in [-0.25, -0.2) is 9.97 Å². The number of hydrogen-bond donors (Lipinski definition) is 0. The second-order valence-electron chi connectivity index (χ2n) is 11.1. The second-order valence-corrected chi connectivity index (χ2v) is 11.6. The Morgan fingerprint density at radius 2 is 1.76 bits per heavy atom. The smallest absolute Gasteiger partial charge is 0.231 e. The van der Waals surface area contributed by atoms with Crippen LogP contribution in [0.2, 0.25) is 5.02 Å². The van der Waals surface area contributed by atoms with Crippen molar-refractivity contribution in [1.82, 2.24) is 19.8 Å². The molecule has 8 heteroatoms. The monoisotopic (exact) mass is 523 g/mol. The van der Waals surface area contributed by atoms with Gasteiger partial charge in [-0.2, -0.15) is 0 Å². The molecule has 3 unspecified atom stereocenters. The van der Waals surface area contributed by atoms with Gasteiger partial charge in [0.15, 0.2) is 0 Å². The molecule has 0 radical (unpaired) electrons. The van der Waals surface area contributed by atoms with Gasteiger partial charge in [-0.3, -0.25) is 9.69 Å². The quantitative estimate of drug-likeness (QED) is 0.583. The van der Waals surface area contributed by atoms with Gasteiger partial charge in [0.05, 0.1) is 5.92 Å². The van der Waals surface area contributed by atoms with Crippen LogP contribution in [0.5, 0.6) is 0 Å². The van der Waals surface area contributed by atoms with E-state index in [1.807, 2.05) is 12.1 Å². The molecule has 3 atom stereocenters. The van der Waals surface area contributed by atoms with Crippen LogP contribution in [0.15, 0.2) is 30.6 Å². The fourth-order valence-electron chi connectivity index (χ4n) is 7.05. The standard InChI is InChI=1S/C29H38ClN5O2/c1-20-4-9-24-26(20)28(32-19-31-24)33-13-15-34(16-14-33)29(36)27(21-5-7-22(30)8-6-21)25-3-2-12-35(25)23-10-17-37-18-11-23/h5-8,19-20,23,25,27H,2-4,9-18H2,1H3. The van der Waals surface area contributed by atoms with E-state index in [0.29, 0.717) is 17.0 Å². The summed E-state index contributed by atoms with van der Waals surface area (Å²) < 4.78 is 5.65. The van der Waals surface area contributed by atoms with E-state index in [-0.39, 0.29) is 17.9 Å². The average Bonchev–Trinajstić information content (AvgIpc) is 3.58. The highest BCUT2D eigenvalue weighted by molar-refractivity contribution is 6.30. The number of piperazine rings is 1. The van der Waals surface area contributed by atoms with Crippen LogP contribution in [-0.2, 0) is 16.0 Å². The van der Waals surface area contributed by atoms with Gasteiger partial charge in [0.1, 0.15) is 12.1 Å². The number of ether oxygens (including phenoxy) is 1. The topological polar surface area (TPSA) is 61.8 Å². The van der Waals surface area contributed by atoms with Crippen molar-refractivity contribution in [3.05, 3.63) is 52.4 Å². The van der Waals surface area contributed by atoms with Gasteiger partial charge in [0.25, 0.3) is 0 Å². The SMILES string of the molecule is CC1CCc2ncnc(N3CCN(C(=O)C(c4ccc(Cl)cc4)C4CCCN4C4CCOCC4)CC3)c21. The Bertz CT molecular complexity index is 1100. The second kappa shape index (κ2) is 10.9. The first-order chi connectivity index (χ1) is 18.1. The number of rotatable bonds is 5. The number of carbonyl (C=O) groups is 1. The molecule has 6 rings (SSSR count). The molecule has 198 valence electrons. The number of amides is 1. The highest BCUT2D eigenvalue weighted by Gasteiger charge is 2.42. The van der Waals surface area contributed by atoms with E-state index in [0.717, 1.165) is 95.8 Å². The largest absolute Gasteiger partial charge is 0.381 e. The maximum atomic E-state index is 14.3. The minimum atomic E-state index is -0.169. The van der Waals surface area contributed by atoms with E-state index in [4.69, 9.17) is 21.3 Å². The third-order valence-corrected chi connectivity index (χ3v) is 9.28. The van der Waals surface area contributed by atoms with Crippen LogP contribution in [0.1, 0.15) is 67.7 Å². The fourth-order valence-corrected chi connectivity index (χ4v) is 7.18. The average molecular weight is 524 g/mol. The van der Waals surface area contributed by atoms with Gasteiger partial charge >= 0.3 is 0 Å². The molecule has 0 spiro atoms. The summed E-state index contributed by atoms with van der Waals surface area (Å²) in [5.41, 5.74) is 3.61. The van der Waals surface area contributed by atoms with E-state index in [1.54, 1.807) is 6.33 Å². The van der Waals surface area contributed by atoms with Crippen LogP contribution in [-0.4, -0.2) is 83.7 Å². The van der Waals surface area contributed by atoms with Crippen LogP contribution < -0.4 is 4.90 Å². The van der Waals surface area contributed by atoms with Crippen molar-refractivity contribution in [3.8, 4) is 0 Å². The summed E-state index contributed by atoms with van der Waals surface area (Å²) in [5.74, 6) is 1.67. The minimum Gasteiger partial charge on any atom is -0.381 e. The molecule has 3 saturated heterocycles. The Morgan fingerprint density at radius 1 is 1.00 bits per heavy atom. The van der Waals surface area contributed by atoms with E-state index in [1.165, 1.54) is 11.3 Å². The number of aryl methyl sites for hydroxylation is 1. The number of carbonyl (C=O) groups excluding carboxylic acids is 1. The number of likely N-dealkylation sites (tertiary alicyclic amines) is 1. The molecular formula is C29H38ClN5O2. The van der Waals surface area contributed by atoms with Crippen LogP contribution in [0, 0.1) is 0 Å². The number of aromatic nitrogens is 2. The highest BCUT2D eigenvalue weighted by Crippen LogP contribution is 2.39. The first-order valence-corrected chi connectivity index (χ1v) is 14.4. The fraction of sp³-hybridized carbons (Fsp3) is 0.621. The van der Waals surface area contributed by atoms with E-state index in [9.17, 15) is 4.79 Å². The molecule has 0 saturated carbocycles. The Morgan fingerprint density at radius 3 is 2.51 bits per heavy atom. The predicted molar refractivity (Wildman–Crippen MR) is 145 cm³/mol. The zero-order valence-electron chi connectivity index (χ0n) is 21.8. The zero-order valence-corrected chi connectivity index (χ0v) is 22.6. The molecule has 4 heterocycles. The molecule has 1 aromatic carbocycles. The van der Waals surface area contributed by atoms with Gasteiger partial charge < -0.3 is 14.5 Å². The molecule has 1 amide bonds. The number of halogens is 1. The lowest BCUT2D eigenvalue weighted by Crippen LogP contribution is -2.54. The lowest BCUT2D eigenvalue weighted by Gasteiger charge is -2.42. The first-order valence-electron chi connectivity index (χ1n) is 14.1. The van der Waals surface area contributed by atoms with Gasteiger partial charge in [0, 0.05) is 67.8 Å². The summed E-state index contributed by atoms with van der Waals surface area (Å²) in [6.45, 7) is 8.05. The normalized spacial score (nSPS) is 25.9. The van der Waals surface area contributed by atoms with E-state index >= 15 is 0 Å². The Hall–Kier alpha value is -2.22. The molecule has 1 aromatic heterocycles. The number of anilines is 1. The van der Waals surface area contributed by atoms with E-state index in [2.05, 4.69) is 38.7 Å². The van der Waals surface area contributed by atoms with E-state index < -0.39 is 0 Å². The number of nitrogens with zero attached hydrogens (tertiary/aromatic N) is 5. The summed E-state index contributed by atoms with van der Waals surface area (Å²) in [6, 6.07) is 8.71. The summed E-state index contributed by atoms with van der Waals surface area (Å²) >= 11 is 6.24. The van der Waals surface area contributed by atoms with Crippen molar-refractivity contribution >= 4 is 23.3 Å². The zero-order chi connectivity index (χ0) is 25.4. The summed E-state index contributed by atoms with van der Waals surface area (Å²) in [4.78, 5) is 30.6. The first kappa shape index (κ1) is 25.1. The lowest BCUT2D eigenvalue weighted by molar-refractivity contribution is -0.135. The summed E-state index contributed by atoms with van der Waals surface area (Å²) in [7, 11) is 0. The van der Waals surface area contributed by atoms with Crippen LogP contribution in [0.25, 0.3) is 0 Å². The molecule has 2 aromatic rings. The minimum absolute atomic E-state index is 0.169. The van der Waals surface area contributed by atoms with Crippen LogP contribution in [0.4, 0.5) is 5.82 Å². The molecule has 0 bridgehead atoms. The van der Waals surface area contributed by atoms with Crippen LogP contribution in [0.3, 0.4) is 0 Å². The molecule has 37 heavy (non-hydrogen) atoms. The molecule has 0 N–H and O–H groups in total. The lowest BCUT2D eigenvalue weighted by atomic mass is 9.87. The molecule has 7 nitrogen and oxygen atoms in total. The van der Waals surface area contributed by atoms with Crippen molar-refractivity contribution in [3.63, 3.8) is 0 Å². The van der Waals surface area contributed by atoms with Crippen molar-refractivity contribution < 1.29 is 9.53 Å². The predicted octanol–water partition coefficient (Wildman–Crippen LogP) is 4.26. The number of fused-ring (bicyclic) bond motifs is 1. The Kier molecular flexibility index (Phi) is 7.37. The van der Waals surface area contributed by atoms with Gasteiger partial charge in [-0.15, -0.1) is 0 Å². The van der Waals surface area contributed by atoms with Gasteiger partial charge in [-0.05, 0) is 68.7 Å². The van der Waals surface area contributed by atoms with Gasteiger partial charge in [-0.1, -0.05) is 30.7 Å². The third-order valence-electron chi connectivity index (χ3n) is 9.03.